The number of nitrogens with one attached hydrogen (secondary N) is 1. The summed E-state index contributed by atoms with van der Waals surface area (Å²) in [5, 5.41) is 6.49. The second-order valence-corrected chi connectivity index (χ2v) is 19.3. The molecule has 0 bridgehead atoms. The molecule has 0 radical (unpaired) electrons. The summed E-state index contributed by atoms with van der Waals surface area (Å²) in [6.45, 7) is 12.1. The molecule has 6 aromatic rings. The van der Waals surface area contributed by atoms with Gasteiger partial charge >= 0.3 is 12.4 Å². The van der Waals surface area contributed by atoms with E-state index in [9.17, 15) is 63.1 Å². The van der Waals surface area contributed by atoms with Gasteiger partial charge < -0.3 is 24.3 Å². The summed E-state index contributed by atoms with van der Waals surface area (Å²) >= 11 is 8.37. The standard InChI is InChI=1S/C25H26F5N3O2S.C21H16ClF5N2O2S.C4H11N/c1-3-31(4-2)10-16-11-33(13-21(34)32-8-7-17(26)12-32)24(35)22-18(14-36-23(16)22)15-5-6-20(27)19(9-15)25(28,29)30;22-6-12-7-29(9-17(30)28-4-3-13(23)8-28)20(31)18-14(10-32-19(12)18)11-1-2-16(24)15(5-11)21(25,26)27;1-3-5-4-2/h5-6,9,11,14,17H,3-4,7-8,10,12-13H2,1-2H3;1-2,5,7,10,13H,3-4,6,8-9H2;5H,3-4H2,1-2H3. The fourth-order valence-corrected chi connectivity index (χ4v) is 11.0. The van der Waals surface area contributed by atoms with Crippen molar-refractivity contribution in [3.05, 3.63) is 114 Å². The molecular weight excluding hydrogens is 1040 g/mol. The third kappa shape index (κ3) is 13.3. The number of thiophene rings is 2. The number of amides is 2. The van der Waals surface area contributed by atoms with Gasteiger partial charge in [0.25, 0.3) is 11.1 Å². The Morgan fingerprint density at radius 1 is 0.685 bits per heavy atom. The monoisotopic (exact) mass is 1090 g/mol. The lowest BCUT2D eigenvalue weighted by molar-refractivity contribution is -0.140. The van der Waals surface area contributed by atoms with Crippen molar-refractivity contribution < 1.29 is 53.5 Å². The van der Waals surface area contributed by atoms with E-state index in [0.717, 1.165) is 53.7 Å². The van der Waals surface area contributed by atoms with Crippen molar-refractivity contribution in [1.82, 2.24) is 29.2 Å². The minimum absolute atomic E-state index is 0.00158. The topological polar surface area (TPSA) is 99.9 Å². The quantitative estimate of drug-likeness (QED) is 0.0914. The van der Waals surface area contributed by atoms with E-state index in [2.05, 4.69) is 24.1 Å². The van der Waals surface area contributed by atoms with Crippen molar-refractivity contribution in [2.75, 3.05) is 52.4 Å². The first-order chi connectivity index (χ1) is 34.5. The van der Waals surface area contributed by atoms with Gasteiger partial charge in [-0.3, -0.25) is 24.1 Å². The molecule has 2 unspecified atom stereocenters. The Kier molecular flexibility index (Phi) is 19.0. The smallest absolute Gasteiger partial charge is 0.338 e. The molecule has 2 aromatic carbocycles. The number of aromatic nitrogens is 2. The Morgan fingerprint density at radius 2 is 1.10 bits per heavy atom. The molecular formula is C50H53ClF10N6O4S2. The maximum absolute atomic E-state index is 13.9. The van der Waals surface area contributed by atoms with Crippen molar-refractivity contribution in [3.8, 4) is 22.3 Å². The summed E-state index contributed by atoms with van der Waals surface area (Å²) in [4.78, 5) is 56.9. The van der Waals surface area contributed by atoms with Gasteiger partial charge in [-0.15, -0.1) is 34.3 Å². The van der Waals surface area contributed by atoms with Gasteiger partial charge in [0.05, 0.1) is 40.9 Å². The summed E-state index contributed by atoms with van der Waals surface area (Å²) < 4.78 is 138. The van der Waals surface area contributed by atoms with Crippen LogP contribution in [0.25, 0.3) is 42.4 Å². The van der Waals surface area contributed by atoms with E-state index in [1.165, 1.54) is 49.4 Å². The molecule has 2 saturated heterocycles. The summed E-state index contributed by atoms with van der Waals surface area (Å²) in [7, 11) is 0. The van der Waals surface area contributed by atoms with Crippen molar-refractivity contribution in [1.29, 1.82) is 0 Å². The van der Waals surface area contributed by atoms with E-state index in [-0.39, 0.29) is 91.0 Å². The first-order valence-electron chi connectivity index (χ1n) is 23.4. The van der Waals surface area contributed by atoms with Crippen LogP contribution in [0.2, 0.25) is 0 Å². The van der Waals surface area contributed by atoms with Crippen LogP contribution in [0.4, 0.5) is 43.9 Å². The van der Waals surface area contributed by atoms with Gasteiger partial charge in [-0.2, -0.15) is 26.3 Å². The molecule has 23 heteroatoms. The molecule has 2 atom stereocenters. The van der Waals surface area contributed by atoms with Gasteiger partial charge in [-0.1, -0.05) is 39.8 Å². The highest BCUT2D eigenvalue weighted by molar-refractivity contribution is 7.18. The minimum atomic E-state index is -4.90. The molecule has 6 heterocycles. The molecule has 0 saturated carbocycles. The zero-order valence-corrected chi connectivity index (χ0v) is 42.6. The number of alkyl halides is 9. The molecule has 2 amide bonds. The normalized spacial score (nSPS) is 16.1. The number of benzene rings is 2. The van der Waals surface area contributed by atoms with Gasteiger partial charge in [0.1, 0.15) is 37.1 Å². The lowest BCUT2D eigenvalue weighted by atomic mass is 10.0. The summed E-state index contributed by atoms with van der Waals surface area (Å²) in [6.07, 6.45) is -8.49. The van der Waals surface area contributed by atoms with Crippen LogP contribution in [0.5, 0.6) is 0 Å². The lowest BCUT2D eigenvalue weighted by Crippen LogP contribution is -2.35. The number of fused-ring (bicyclic) bond motifs is 2. The number of pyridine rings is 2. The third-order valence-corrected chi connectivity index (χ3v) is 14.8. The second kappa shape index (κ2) is 24.4. The summed E-state index contributed by atoms with van der Waals surface area (Å²) in [6, 6.07) is 5.18. The van der Waals surface area contributed by atoms with E-state index in [4.69, 9.17) is 11.6 Å². The van der Waals surface area contributed by atoms with E-state index in [1.807, 2.05) is 13.8 Å². The highest BCUT2D eigenvalue weighted by Gasteiger charge is 2.36. The highest BCUT2D eigenvalue weighted by atomic mass is 35.5. The van der Waals surface area contributed by atoms with Crippen LogP contribution in [-0.4, -0.2) is 100 Å². The minimum Gasteiger partial charge on any atom is -0.338 e. The SMILES string of the molecule is CCN(CC)Cc1cn(CC(=O)N2CCC(F)C2)c(=O)c2c(-c3ccc(F)c(C(F)(F)F)c3)csc12.CCNCC.O=C(Cn1cc(CCl)c2scc(-c3ccc(F)c(C(F)(F)F)c3)c2c1=O)N1CCC(F)C1. The summed E-state index contributed by atoms with van der Waals surface area (Å²) in [5.41, 5.74) is -2.18. The first kappa shape index (κ1) is 57.0. The second-order valence-electron chi connectivity index (χ2n) is 17.3. The van der Waals surface area contributed by atoms with Gasteiger partial charge in [0.15, 0.2) is 0 Å². The average Bonchev–Trinajstić information content (AvgIpc) is 4.18. The molecule has 0 aliphatic carbocycles. The Labute approximate surface area is 426 Å². The van der Waals surface area contributed by atoms with E-state index < -0.39 is 70.4 Å². The molecule has 2 aliphatic rings. The largest absolute Gasteiger partial charge is 0.419 e. The summed E-state index contributed by atoms with van der Waals surface area (Å²) in [5.74, 6) is -3.65. The highest BCUT2D eigenvalue weighted by Crippen LogP contribution is 2.40. The zero-order valence-electron chi connectivity index (χ0n) is 40.2. The fourth-order valence-electron chi connectivity index (χ4n) is 8.52. The van der Waals surface area contributed by atoms with Crippen LogP contribution >= 0.6 is 34.3 Å². The Balaban J connectivity index is 0.000000219. The van der Waals surface area contributed by atoms with Gasteiger partial charge in [0, 0.05) is 74.4 Å². The molecule has 10 nitrogen and oxygen atoms in total. The van der Waals surface area contributed by atoms with Crippen LogP contribution in [0.15, 0.2) is 69.1 Å². The Hall–Kier alpha value is -5.29. The molecule has 396 valence electrons. The number of carbonyl (C=O) groups excluding carboxylic acids is 2. The van der Waals surface area contributed by atoms with Crippen LogP contribution in [0.1, 0.15) is 62.8 Å². The molecule has 8 rings (SSSR count). The predicted molar refractivity (Wildman–Crippen MR) is 266 cm³/mol. The van der Waals surface area contributed by atoms with E-state index >= 15 is 0 Å². The molecule has 0 spiro atoms. The number of nitrogens with zero attached hydrogens (tertiary/aromatic N) is 5. The first-order valence-corrected chi connectivity index (χ1v) is 25.7. The van der Waals surface area contributed by atoms with Crippen LogP contribution in [-0.2, 0) is 47.5 Å². The van der Waals surface area contributed by atoms with Crippen LogP contribution < -0.4 is 16.4 Å². The van der Waals surface area contributed by atoms with Gasteiger partial charge in [-0.05, 0) is 74.4 Å². The molecule has 73 heavy (non-hydrogen) atoms. The molecule has 2 aliphatic heterocycles. The lowest BCUT2D eigenvalue weighted by Gasteiger charge is -2.20. The van der Waals surface area contributed by atoms with Crippen molar-refractivity contribution in [3.63, 3.8) is 0 Å². The predicted octanol–water partition coefficient (Wildman–Crippen LogP) is 11.1. The van der Waals surface area contributed by atoms with E-state index in [1.54, 1.807) is 11.6 Å². The van der Waals surface area contributed by atoms with Crippen molar-refractivity contribution in [2.45, 2.75) is 90.7 Å². The maximum atomic E-state index is 13.9. The number of halogens is 11. The number of hydrogen-bond acceptors (Lipinski definition) is 8. The van der Waals surface area contributed by atoms with Gasteiger partial charge in [0.2, 0.25) is 11.8 Å². The zero-order chi connectivity index (χ0) is 53.5. The van der Waals surface area contributed by atoms with Crippen LogP contribution in [0.3, 0.4) is 0 Å². The maximum Gasteiger partial charge on any atom is 0.419 e. The van der Waals surface area contributed by atoms with Gasteiger partial charge in [-0.25, -0.2) is 17.6 Å². The average molecular weight is 1090 g/mol. The molecule has 4 aromatic heterocycles. The third-order valence-electron chi connectivity index (χ3n) is 12.4. The van der Waals surface area contributed by atoms with Crippen LogP contribution in [0, 0.1) is 11.6 Å². The number of carbonyl (C=O) groups is 2. The fraction of sp³-hybridized carbons (Fsp3) is 0.440. The van der Waals surface area contributed by atoms with E-state index in [0.29, 0.717) is 39.7 Å². The van der Waals surface area contributed by atoms with Crippen molar-refractivity contribution >= 4 is 66.3 Å². The number of likely N-dealkylation sites (tertiary alicyclic amines) is 2. The number of rotatable bonds is 13. The number of hydrogen-bond donors (Lipinski definition) is 1. The molecule has 1 N–H and O–H groups in total. The Morgan fingerprint density at radius 3 is 1.44 bits per heavy atom. The van der Waals surface area contributed by atoms with Crippen molar-refractivity contribution in [2.24, 2.45) is 0 Å². The Bertz CT molecular complexity index is 3040. The molecule has 2 fully saturated rings.